The highest BCUT2D eigenvalue weighted by atomic mass is 35.5. The summed E-state index contributed by atoms with van der Waals surface area (Å²) in [4.78, 5) is 0. The van der Waals surface area contributed by atoms with Crippen LogP contribution in [0.25, 0.3) is 0 Å². The molecule has 0 unspecified atom stereocenters. The Morgan fingerprint density at radius 1 is 1.12 bits per heavy atom. The molecule has 0 heterocycles. The van der Waals surface area contributed by atoms with Crippen LogP contribution in [0.15, 0.2) is 18.2 Å². The molecule has 0 fully saturated rings. The molecule has 0 bridgehead atoms. The molecule has 0 aromatic heterocycles. The van der Waals surface area contributed by atoms with Gasteiger partial charge in [-0.05, 0) is 37.0 Å². The molecule has 0 aliphatic rings. The summed E-state index contributed by atoms with van der Waals surface area (Å²) in [7, 11) is 0. The van der Waals surface area contributed by atoms with E-state index < -0.39 is 0 Å². The second kappa shape index (κ2) is 6.63. The van der Waals surface area contributed by atoms with E-state index in [0.717, 1.165) is 13.0 Å². The summed E-state index contributed by atoms with van der Waals surface area (Å²) >= 11 is 12.0. The number of aryl methyl sites for hydroxylation is 2. The maximum absolute atomic E-state index is 6.02. The predicted octanol–water partition coefficient (Wildman–Crippen LogP) is 4.02. The van der Waals surface area contributed by atoms with Gasteiger partial charge in [-0.25, -0.2) is 0 Å². The largest absolute Gasteiger partial charge is 0.305 e. The molecule has 96 valence electrons. The van der Waals surface area contributed by atoms with Crippen LogP contribution in [-0.2, 0) is 6.54 Å². The summed E-state index contributed by atoms with van der Waals surface area (Å²) in [5.41, 5.74) is 3.82. The van der Waals surface area contributed by atoms with E-state index in [1.165, 1.54) is 16.7 Å². The standard InChI is InChI=1S/C14H21Cl2N/c1-4-14(9-15,10-16)17-8-13-11(2)6-5-7-12(13)3/h5-7,17H,4,8-10H2,1-3H3. The lowest BCUT2D eigenvalue weighted by atomic mass is 9.98. The molecule has 3 heteroatoms. The van der Waals surface area contributed by atoms with Crippen LogP contribution in [-0.4, -0.2) is 17.3 Å². The van der Waals surface area contributed by atoms with Gasteiger partial charge in [0, 0.05) is 23.8 Å². The number of alkyl halides is 2. The van der Waals surface area contributed by atoms with Gasteiger partial charge in [-0.15, -0.1) is 23.2 Å². The van der Waals surface area contributed by atoms with Gasteiger partial charge in [0.05, 0.1) is 0 Å². The fourth-order valence-electron chi connectivity index (χ4n) is 1.85. The number of halogens is 2. The van der Waals surface area contributed by atoms with Gasteiger partial charge >= 0.3 is 0 Å². The Hall–Kier alpha value is -0.240. The molecular weight excluding hydrogens is 253 g/mol. The summed E-state index contributed by atoms with van der Waals surface area (Å²) < 4.78 is 0. The van der Waals surface area contributed by atoms with Crippen molar-refractivity contribution in [2.75, 3.05) is 11.8 Å². The highest BCUT2D eigenvalue weighted by Gasteiger charge is 2.25. The monoisotopic (exact) mass is 273 g/mol. The first kappa shape index (κ1) is 14.8. The first-order valence-electron chi connectivity index (χ1n) is 6.00. The number of hydrogen-bond acceptors (Lipinski definition) is 1. The van der Waals surface area contributed by atoms with E-state index in [2.05, 4.69) is 44.3 Å². The average molecular weight is 274 g/mol. The van der Waals surface area contributed by atoms with E-state index in [-0.39, 0.29) is 5.54 Å². The van der Waals surface area contributed by atoms with Crippen LogP contribution >= 0.6 is 23.2 Å². The minimum absolute atomic E-state index is 0.155. The third-order valence-corrected chi connectivity index (χ3v) is 4.50. The van der Waals surface area contributed by atoms with Gasteiger partial charge in [0.1, 0.15) is 0 Å². The SMILES string of the molecule is CCC(CCl)(CCl)NCc1c(C)cccc1C. The minimum Gasteiger partial charge on any atom is -0.305 e. The Labute approximate surface area is 115 Å². The van der Waals surface area contributed by atoms with Gasteiger partial charge in [0.15, 0.2) is 0 Å². The van der Waals surface area contributed by atoms with Crippen molar-refractivity contribution in [3.8, 4) is 0 Å². The van der Waals surface area contributed by atoms with Crippen molar-refractivity contribution in [2.24, 2.45) is 0 Å². The van der Waals surface area contributed by atoms with Crippen molar-refractivity contribution in [1.82, 2.24) is 5.32 Å². The number of rotatable bonds is 6. The molecule has 0 aliphatic heterocycles. The zero-order valence-corrected chi connectivity index (χ0v) is 12.3. The summed E-state index contributed by atoms with van der Waals surface area (Å²) in [6.07, 6.45) is 0.935. The van der Waals surface area contributed by atoms with E-state index >= 15 is 0 Å². The van der Waals surface area contributed by atoms with Crippen LogP contribution in [0.4, 0.5) is 0 Å². The van der Waals surface area contributed by atoms with Crippen LogP contribution in [0.5, 0.6) is 0 Å². The first-order valence-corrected chi connectivity index (χ1v) is 7.07. The summed E-state index contributed by atoms with van der Waals surface area (Å²) in [5, 5.41) is 3.52. The molecule has 1 aromatic carbocycles. The lowest BCUT2D eigenvalue weighted by Gasteiger charge is -2.30. The predicted molar refractivity (Wildman–Crippen MR) is 77.2 cm³/mol. The summed E-state index contributed by atoms with van der Waals surface area (Å²) in [6.45, 7) is 7.21. The molecule has 0 radical (unpaired) electrons. The molecule has 0 amide bonds. The minimum atomic E-state index is -0.155. The van der Waals surface area contributed by atoms with Crippen LogP contribution in [0.2, 0.25) is 0 Å². The molecule has 1 nitrogen and oxygen atoms in total. The smallest absolute Gasteiger partial charge is 0.0453 e. The van der Waals surface area contributed by atoms with Gasteiger partial charge in [-0.3, -0.25) is 0 Å². The Bertz CT molecular complexity index is 331. The third-order valence-electron chi connectivity index (χ3n) is 3.47. The van der Waals surface area contributed by atoms with Gasteiger partial charge in [0.2, 0.25) is 0 Å². The van der Waals surface area contributed by atoms with Crippen molar-refractivity contribution in [3.05, 3.63) is 34.9 Å². The lowest BCUT2D eigenvalue weighted by Crippen LogP contribution is -2.48. The van der Waals surface area contributed by atoms with Crippen molar-refractivity contribution in [1.29, 1.82) is 0 Å². The van der Waals surface area contributed by atoms with Gasteiger partial charge in [0.25, 0.3) is 0 Å². The van der Waals surface area contributed by atoms with Gasteiger partial charge < -0.3 is 5.32 Å². The molecule has 1 rings (SSSR count). The molecule has 0 saturated carbocycles. The molecule has 1 N–H and O–H groups in total. The van der Waals surface area contributed by atoms with Gasteiger partial charge in [-0.2, -0.15) is 0 Å². The maximum Gasteiger partial charge on any atom is 0.0453 e. The molecule has 1 aromatic rings. The lowest BCUT2D eigenvalue weighted by molar-refractivity contribution is 0.384. The number of benzene rings is 1. The average Bonchev–Trinajstić information content (AvgIpc) is 2.34. The van der Waals surface area contributed by atoms with Gasteiger partial charge in [-0.1, -0.05) is 25.1 Å². The molecular formula is C14H21Cl2N. The molecule has 17 heavy (non-hydrogen) atoms. The number of hydrogen-bond donors (Lipinski definition) is 1. The van der Waals surface area contributed by atoms with Crippen molar-refractivity contribution >= 4 is 23.2 Å². The van der Waals surface area contributed by atoms with E-state index in [1.807, 2.05) is 0 Å². The third kappa shape index (κ3) is 3.61. The van der Waals surface area contributed by atoms with Crippen LogP contribution < -0.4 is 5.32 Å². The molecule has 0 aliphatic carbocycles. The maximum atomic E-state index is 6.02. The summed E-state index contributed by atoms with van der Waals surface area (Å²) in [6, 6.07) is 6.36. The summed E-state index contributed by atoms with van der Waals surface area (Å²) in [5.74, 6) is 1.08. The highest BCUT2D eigenvalue weighted by molar-refractivity contribution is 6.22. The van der Waals surface area contributed by atoms with Crippen LogP contribution in [0.1, 0.15) is 30.0 Å². The highest BCUT2D eigenvalue weighted by Crippen LogP contribution is 2.18. The second-order valence-electron chi connectivity index (χ2n) is 4.63. The molecule has 0 saturated heterocycles. The van der Waals surface area contributed by atoms with E-state index in [0.29, 0.717) is 11.8 Å². The normalized spacial score (nSPS) is 11.8. The van der Waals surface area contributed by atoms with Crippen molar-refractivity contribution in [2.45, 2.75) is 39.3 Å². The van der Waals surface area contributed by atoms with Crippen LogP contribution in [0, 0.1) is 13.8 Å². The quantitative estimate of drug-likeness (QED) is 0.772. The fraction of sp³-hybridized carbons (Fsp3) is 0.571. The van der Waals surface area contributed by atoms with E-state index in [1.54, 1.807) is 0 Å². The molecule has 0 atom stereocenters. The molecule has 0 spiro atoms. The van der Waals surface area contributed by atoms with E-state index in [9.17, 15) is 0 Å². The fourth-order valence-corrected chi connectivity index (χ4v) is 2.70. The zero-order chi connectivity index (χ0) is 12.9. The Balaban J connectivity index is 2.79. The second-order valence-corrected chi connectivity index (χ2v) is 5.16. The van der Waals surface area contributed by atoms with Crippen molar-refractivity contribution < 1.29 is 0 Å². The Morgan fingerprint density at radius 3 is 2.06 bits per heavy atom. The first-order chi connectivity index (χ1) is 8.08. The van der Waals surface area contributed by atoms with Crippen molar-refractivity contribution in [3.63, 3.8) is 0 Å². The topological polar surface area (TPSA) is 12.0 Å². The van der Waals surface area contributed by atoms with E-state index in [4.69, 9.17) is 23.2 Å². The van der Waals surface area contributed by atoms with Crippen LogP contribution in [0.3, 0.4) is 0 Å². The Kier molecular flexibility index (Phi) is 5.78. The zero-order valence-electron chi connectivity index (χ0n) is 10.8. The number of nitrogens with one attached hydrogen (secondary N) is 1. The Morgan fingerprint density at radius 2 is 1.65 bits per heavy atom.